The van der Waals surface area contributed by atoms with E-state index in [0.717, 1.165) is 5.56 Å². The third-order valence-electron chi connectivity index (χ3n) is 6.18. The Labute approximate surface area is 203 Å². The van der Waals surface area contributed by atoms with Crippen LogP contribution in [-0.4, -0.2) is 78.5 Å². The Hall–Kier alpha value is -3.17. The fourth-order valence-electron chi connectivity index (χ4n) is 4.43. The summed E-state index contributed by atoms with van der Waals surface area (Å²) < 4.78 is 5.41. The lowest BCUT2D eigenvalue weighted by atomic mass is 9.96. The molecule has 0 spiro atoms. The Morgan fingerprint density at radius 2 is 1.82 bits per heavy atom. The minimum absolute atomic E-state index is 0.0245. The Morgan fingerprint density at radius 3 is 2.44 bits per heavy atom. The van der Waals surface area contributed by atoms with Gasteiger partial charge in [0.05, 0.1) is 18.2 Å². The summed E-state index contributed by atoms with van der Waals surface area (Å²) in [4.78, 5) is 44.5. The topological polar surface area (TPSA) is 82.2 Å². The van der Waals surface area contributed by atoms with Gasteiger partial charge in [0, 0.05) is 50.5 Å². The van der Waals surface area contributed by atoms with Crippen LogP contribution in [-0.2, 0) is 9.53 Å². The molecule has 1 atom stereocenters. The van der Waals surface area contributed by atoms with Crippen LogP contribution in [0, 0.1) is 0 Å². The largest absolute Gasteiger partial charge is 0.463 e. The van der Waals surface area contributed by atoms with Gasteiger partial charge in [0.2, 0.25) is 0 Å². The number of ether oxygens (including phenoxy) is 1. The zero-order valence-corrected chi connectivity index (χ0v) is 20.3. The Morgan fingerprint density at radius 1 is 1.09 bits per heavy atom. The lowest BCUT2D eigenvalue weighted by molar-refractivity contribution is -0.139. The molecule has 1 fully saturated rings. The smallest absolute Gasteiger partial charge is 0.338 e. The maximum absolute atomic E-state index is 13.1. The lowest BCUT2D eigenvalue weighted by Gasteiger charge is -2.40. The van der Waals surface area contributed by atoms with Crippen LogP contribution < -0.4 is 5.32 Å². The van der Waals surface area contributed by atoms with Gasteiger partial charge in [-0.3, -0.25) is 14.6 Å². The maximum atomic E-state index is 13.1. The number of hydrogen-bond donors (Lipinski definition) is 1. The quantitative estimate of drug-likeness (QED) is 0.614. The average Bonchev–Trinajstić information content (AvgIpc) is 3.39. The standard InChI is InChI=1S/C25H30N4O4S/c1-3-29-20(16-27-11-13-28(14-12-27)23(30)18-8-6-5-7-9-18)21(24(31)33-4-2)22(26-25(29)32)19-10-15-34-17-19/h5-10,15,17,22H,3-4,11-14,16H2,1-2H3,(H,26,32)/t22-/m1/s1. The summed E-state index contributed by atoms with van der Waals surface area (Å²) in [5.74, 6) is -0.388. The van der Waals surface area contributed by atoms with Crippen molar-refractivity contribution < 1.29 is 19.1 Å². The van der Waals surface area contributed by atoms with E-state index in [1.54, 1.807) is 11.8 Å². The van der Waals surface area contributed by atoms with E-state index in [2.05, 4.69) is 10.2 Å². The maximum Gasteiger partial charge on any atom is 0.338 e. The monoisotopic (exact) mass is 482 g/mol. The number of carbonyl (C=O) groups is 3. The number of thiophene rings is 1. The Kier molecular flexibility index (Phi) is 7.64. The summed E-state index contributed by atoms with van der Waals surface area (Å²) in [5.41, 5.74) is 2.70. The van der Waals surface area contributed by atoms with Gasteiger partial charge in [0.15, 0.2) is 0 Å². The van der Waals surface area contributed by atoms with Crippen molar-refractivity contribution in [3.63, 3.8) is 0 Å². The van der Waals surface area contributed by atoms with E-state index in [0.29, 0.717) is 56.1 Å². The average molecular weight is 483 g/mol. The molecule has 1 saturated heterocycles. The number of benzene rings is 1. The third-order valence-corrected chi connectivity index (χ3v) is 6.88. The molecule has 3 amide bonds. The molecular weight excluding hydrogens is 452 g/mol. The number of esters is 1. The number of carbonyl (C=O) groups excluding carboxylic acids is 3. The van der Waals surface area contributed by atoms with E-state index in [1.165, 1.54) is 11.3 Å². The molecule has 0 aliphatic carbocycles. The summed E-state index contributed by atoms with van der Waals surface area (Å²) >= 11 is 1.52. The molecule has 0 unspecified atom stereocenters. The van der Waals surface area contributed by atoms with E-state index in [-0.39, 0.29) is 18.5 Å². The first kappa shape index (κ1) is 24.0. The number of nitrogens with zero attached hydrogens (tertiary/aromatic N) is 3. The second kappa shape index (κ2) is 10.8. The summed E-state index contributed by atoms with van der Waals surface area (Å²) in [6.07, 6.45) is 0. The van der Waals surface area contributed by atoms with Gasteiger partial charge in [0.25, 0.3) is 5.91 Å². The number of urea groups is 1. The van der Waals surface area contributed by atoms with E-state index in [9.17, 15) is 14.4 Å². The van der Waals surface area contributed by atoms with Gasteiger partial charge in [-0.1, -0.05) is 18.2 Å². The zero-order chi connectivity index (χ0) is 24.1. The number of nitrogens with one attached hydrogen (secondary N) is 1. The van der Waals surface area contributed by atoms with Crippen LogP contribution in [0.25, 0.3) is 0 Å². The van der Waals surface area contributed by atoms with Gasteiger partial charge in [-0.15, -0.1) is 0 Å². The molecule has 1 aromatic carbocycles. The number of amides is 3. The molecular formula is C25H30N4O4S. The van der Waals surface area contributed by atoms with Crippen LogP contribution >= 0.6 is 11.3 Å². The molecule has 1 aromatic heterocycles. The van der Waals surface area contributed by atoms with Crippen molar-refractivity contribution in [1.82, 2.24) is 20.0 Å². The third kappa shape index (κ3) is 5.00. The van der Waals surface area contributed by atoms with Crippen LogP contribution in [0.4, 0.5) is 4.79 Å². The molecule has 180 valence electrons. The molecule has 0 saturated carbocycles. The SMILES string of the molecule is CCOC(=O)C1=C(CN2CCN(C(=O)c3ccccc3)CC2)N(CC)C(=O)N[C@@H]1c1ccsc1. The highest BCUT2D eigenvalue weighted by Gasteiger charge is 2.38. The first-order valence-corrected chi connectivity index (χ1v) is 12.5. The zero-order valence-electron chi connectivity index (χ0n) is 19.5. The predicted octanol–water partition coefficient (Wildman–Crippen LogP) is 3.11. The molecule has 8 nitrogen and oxygen atoms in total. The Bertz CT molecular complexity index is 1050. The van der Waals surface area contributed by atoms with Crippen LogP contribution in [0.1, 0.15) is 35.8 Å². The van der Waals surface area contributed by atoms with Gasteiger partial charge in [0.1, 0.15) is 0 Å². The highest BCUT2D eigenvalue weighted by atomic mass is 32.1. The molecule has 4 rings (SSSR count). The van der Waals surface area contributed by atoms with Crippen molar-refractivity contribution in [2.75, 3.05) is 45.9 Å². The summed E-state index contributed by atoms with van der Waals surface area (Å²) in [6, 6.07) is 10.4. The van der Waals surface area contributed by atoms with Crippen molar-refractivity contribution >= 4 is 29.2 Å². The second-order valence-corrected chi connectivity index (χ2v) is 8.98. The van der Waals surface area contributed by atoms with Crippen LogP contribution in [0.5, 0.6) is 0 Å². The van der Waals surface area contributed by atoms with Crippen LogP contribution in [0.15, 0.2) is 58.4 Å². The molecule has 9 heteroatoms. The van der Waals surface area contributed by atoms with Gasteiger partial charge in [-0.05, 0) is 48.4 Å². The van der Waals surface area contributed by atoms with E-state index in [1.807, 2.05) is 59.0 Å². The van der Waals surface area contributed by atoms with Gasteiger partial charge in [-0.2, -0.15) is 11.3 Å². The van der Waals surface area contributed by atoms with Crippen molar-refractivity contribution in [3.8, 4) is 0 Å². The normalized spacial score (nSPS) is 19.2. The van der Waals surface area contributed by atoms with E-state index in [4.69, 9.17) is 4.74 Å². The number of piperazine rings is 1. The Balaban J connectivity index is 1.56. The number of likely N-dealkylation sites (N-methyl/N-ethyl adjacent to an activating group) is 1. The van der Waals surface area contributed by atoms with E-state index >= 15 is 0 Å². The van der Waals surface area contributed by atoms with Gasteiger partial charge >= 0.3 is 12.0 Å². The summed E-state index contributed by atoms with van der Waals surface area (Å²) in [7, 11) is 0. The van der Waals surface area contributed by atoms with Crippen molar-refractivity contribution in [3.05, 3.63) is 69.6 Å². The van der Waals surface area contributed by atoms with Crippen LogP contribution in [0.2, 0.25) is 0 Å². The molecule has 1 N–H and O–H groups in total. The fraction of sp³-hybridized carbons (Fsp3) is 0.400. The first-order valence-electron chi connectivity index (χ1n) is 11.6. The summed E-state index contributed by atoms with van der Waals surface area (Å²) in [6.45, 7) is 7.27. The van der Waals surface area contributed by atoms with Gasteiger partial charge < -0.3 is 15.0 Å². The highest BCUT2D eigenvalue weighted by molar-refractivity contribution is 7.08. The van der Waals surface area contributed by atoms with Crippen molar-refractivity contribution in [1.29, 1.82) is 0 Å². The van der Waals surface area contributed by atoms with E-state index < -0.39 is 12.0 Å². The fourth-order valence-corrected chi connectivity index (χ4v) is 5.12. The second-order valence-electron chi connectivity index (χ2n) is 8.20. The van der Waals surface area contributed by atoms with Gasteiger partial charge in [-0.25, -0.2) is 9.59 Å². The van der Waals surface area contributed by atoms with Crippen LogP contribution in [0.3, 0.4) is 0 Å². The number of hydrogen-bond acceptors (Lipinski definition) is 6. The molecule has 34 heavy (non-hydrogen) atoms. The van der Waals surface area contributed by atoms with Crippen molar-refractivity contribution in [2.24, 2.45) is 0 Å². The molecule has 0 bridgehead atoms. The minimum atomic E-state index is -0.545. The number of rotatable bonds is 7. The minimum Gasteiger partial charge on any atom is -0.463 e. The molecule has 2 aliphatic rings. The molecule has 2 aromatic rings. The predicted molar refractivity (Wildman–Crippen MR) is 130 cm³/mol. The lowest BCUT2D eigenvalue weighted by Crippen LogP contribution is -2.53. The molecule has 0 radical (unpaired) electrons. The molecule has 3 heterocycles. The van der Waals surface area contributed by atoms with Crippen molar-refractivity contribution in [2.45, 2.75) is 19.9 Å². The summed E-state index contributed by atoms with van der Waals surface area (Å²) in [5, 5.41) is 6.85. The first-order chi connectivity index (χ1) is 16.5. The highest BCUT2D eigenvalue weighted by Crippen LogP contribution is 2.33. The molecule has 2 aliphatic heterocycles.